The molecule has 2 aromatic carbocycles. The molecule has 0 saturated carbocycles. The Labute approximate surface area is 147 Å². The molecule has 0 aliphatic heterocycles. The lowest BCUT2D eigenvalue weighted by Crippen LogP contribution is -2.28. The summed E-state index contributed by atoms with van der Waals surface area (Å²) in [6, 6.07) is 12.6. The van der Waals surface area contributed by atoms with Crippen molar-refractivity contribution in [2.45, 2.75) is 32.2 Å². The summed E-state index contributed by atoms with van der Waals surface area (Å²) in [5, 5.41) is 11.9. The molecule has 0 aliphatic carbocycles. The van der Waals surface area contributed by atoms with Crippen LogP contribution in [0.4, 0.5) is 4.39 Å². The van der Waals surface area contributed by atoms with E-state index in [0.717, 1.165) is 11.6 Å². The van der Waals surface area contributed by atoms with E-state index in [1.165, 1.54) is 19.2 Å². The van der Waals surface area contributed by atoms with E-state index in [4.69, 9.17) is 4.74 Å². The molecule has 2 aromatic rings. The molecule has 0 fully saturated rings. The Hall–Kier alpha value is -2.87. The van der Waals surface area contributed by atoms with Gasteiger partial charge in [0, 0.05) is 6.07 Å². The van der Waals surface area contributed by atoms with Crippen LogP contribution >= 0.6 is 0 Å². The summed E-state index contributed by atoms with van der Waals surface area (Å²) in [5.74, 6) is -1.02. The SMILES string of the molecule is COc1ccc(C(=O)NC(C#N)c2ccc(C(C)(C)C)cc2)c(F)c1. The first-order chi connectivity index (χ1) is 11.8. The monoisotopic (exact) mass is 340 g/mol. The highest BCUT2D eigenvalue weighted by Gasteiger charge is 2.19. The predicted molar refractivity (Wildman–Crippen MR) is 93.9 cm³/mol. The molecular weight excluding hydrogens is 319 g/mol. The van der Waals surface area contributed by atoms with Crippen LogP contribution in [-0.4, -0.2) is 13.0 Å². The third-order valence-corrected chi connectivity index (χ3v) is 3.94. The van der Waals surface area contributed by atoms with E-state index in [0.29, 0.717) is 11.3 Å². The molecule has 130 valence electrons. The van der Waals surface area contributed by atoms with Crippen molar-refractivity contribution in [2.24, 2.45) is 0 Å². The first-order valence-corrected chi connectivity index (χ1v) is 7.90. The Balaban J connectivity index is 2.19. The molecule has 1 atom stereocenters. The van der Waals surface area contributed by atoms with Gasteiger partial charge >= 0.3 is 0 Å². The van der Waals surface area contributed by atoms with Crippen LogP contribution in [0, 0.1) is 17.1 Å². The van der Waals surface area contributed by atoms with Crippen LogP contribution in [0.2, 0.25) is 0 Å². The van der Waals surface area contributed by atoms with Gasteiger partial charge < -0.3 is 10.1 Å². The smallest absolute Gasteiger partial charge is 0.255 e. The second kappa shape index (κ2) is 7.35. The standard InChI is InChI=1S/C20H21FN2O2/c1-20(2,3)14-7-5-13(6-8-14)18(12-22)23-19(24)16-10-9-15(25-4)11-17(16)21/h5-11,18H,1-4H3,(H,23,24). The summed E-state index contributed by atoms with van der Waals surface area (Å²) in [7, 11) is 1.42. The zero-order valence-corrected chi connectivity index (χ0v) is 14.8. The molecule has 0 aromatic heterocycles. The van der Waals surface area contributed by atoms with Crippen LogP contribution in [0.5, 0.6) is 5.75 Å². The molecule has 0 spiro atoms. The van der Waals surface area contributed by atoms with Gasteiger partial charge in [-0.2, -0.15) is 5.26 Å². The lowest BCUT2D eigenvalue weighted by Gasteiger charge is -2.20. The van der Waals surface area contributed by atoms with Crippen molar-refractivity contribution in [3.8, 4) is 11.8 Å². The molecule has 25 heavy (non-hydrogen) atoms. The summed E-state index contributed by atoms with van der Waals surface area (Å²) in [5.41, 5.74) is 1.64. The maximum absolute atomic E-state index is 14.0. The van der Waals surface area contributed by atoms with E-state index in [2.05, 4.69) is 26.1 Å². The second-order valence-corrected chi connectivity index (χ2v) is 6.75. The van der Waals surface area contributed by atoms with E-state index >= 15 is 0 Å². The van der Waals surface area contributed by atoms with E-state index < -0.39 is 17.8 Å². The summed E-state index contributed by atoms with van der Waals surface area (Å²) in [6.07, 6.45) is 0. The van der Waals surface area contributed by atoms with Crippen molar-refractivity contribution in [3.63, 3.8) is 0 Å². The molecule has 0 saturated heterocycles. The number of amides is 1. The van der Waals surface area contributed by atoms with Gasteiger partial charge in [-0.1, -0.05) is 45.0 Å². The van der Waals surface area contributed by atoms with E-state index in [-0.39, 0.29) is 11.0 Å². The van der Waals surface area contributed by atoms with Gasteiger partial charge in [0.05, 0.1) is 18.7 Å². The van der Waals surface area contributed by atoms with E-state index in [9.17, 15) is 14.4 Å². The molecule has 1 unspecified atom stereocenters. The van der Waals surface area contributed by atoms with Crippen LogP contribution < -0.4 is 10.1 Å². The predicted octanol–water partition coefficient (Wildman–Crippen LogP) is 4.13. The van der Waals surface area contributed by atoms with Gasteiger partial charge in [0.25, 0.3) is 5.91 Å². The Morgan fingerprint density at radius 3 is 2.32 bits per heavy atom. The minimum absolute atomic E-state index is 0.00383. The average Bonchev–Trinajstić information content (AvgIpc) is 2.58. The third-order valence-electron chi connectivity index (χ3n) is 3.94. The van der Waals surface area contributed by atoms with Gasteiger partial charge in [-0.3, -0.25) is 4.79 Å². The van der Waals surface area contributed by atoms with Gasteiger partial charge in [-0.15, -0.1) is 0 Å². The number of benzene rings is 2. The number of methoxy groups -OCH3 is 1. The van der Waals surface area contributed by atoms with E-state index in [1.807, 2.05) is 18.2 Å². The largest absolute Gasteiger partial charge is 0.497 e. The molecule has 1 amide bonds. The molecule has 1 N–H and O–H groups in total. The fourth-order valence-corrected chi connectivity index (χ4v) is 2.38. The topological polar surface area (TPSA) is 62.1 Å². The van der Waals surface area contributed by atoms with Crippen LogP contribution in [0.25, 0.3) is 0 Å². The first-order valence-electron chi connectivity index (χ1n) is 7.90. The van der Waals surface area contributed by atoms with Crippen molar-refractivity contribution in [3.05, 3.63) is 65.0 Å². The molecule has 0 aliphatic rings. The number of carbonyl (C=O) groups is 1. The zero-order chi connectivity index (χ0) is 18.6. The fourth-order valence-electron chi connectivity index (χ4n) is 2.38. The molecule has 0 heterocycles. The van der Waals surface area contributed by atoms with E-state index in [1.54, 1.807) is 12.1 Å². The number of nitriles is 1. The minimum atomic E-state index is -0.858. The Morgan fingerprint density at radius 2 is 1.84 bits per heavy atom. The number of hydrogen-bond donors (Lipinski definition) is 1. The second-order valence-electron chi connectivity index (χ2n) is 6.75. The summed E-state index contributed by atoms with van der Waals surface area (Å²) in [6.45, 7) is 6.29. The highest BCUT2D eigenvalue weighted by molar-refractivity contribution is 5.95. The lowest BCUT2D eigenvalue weighted by molar-refractivity contribution is 0.0941. The normalized spacial score (nSPS) is 12.2. The Kier molecular flexibility index (Phi) is 5.43. The summed E-state index contributed by atoms with van der Waals surface area (Å²) in [4.78, 5) is 12.3. The van der Waals surface area contributed by atoms with Crippen molar-refractivity contribution in [1.82, 2.24) is 5.32 Å². The molecule has 4 nitrogen and oxygen atoms in total. The fraction of sp³-hybridized carbons (Fsp3) is 0.300. The highest BCUT2D eigenvalue weighted by atomic mass is 19.1. The average molecular weight is 340 g/mol. The highest BCUT2D eigenvalue weighted by Crippen LogP contribution is 2.24. The molecular formula is C20H21FN2O2. The minimum Gasteiger partial charge on any atom is -0.497 e. The lowest BCUT2D eigenvalue weighted by atomic mass is 9.86. The van der Waals surface area contributed by atoms with Crippen molar-refractivity contribution in [1.29, 1.82) is 5.26 Å². The number of nitrogens with one attached hydrogen (secondary N) is 1. The summed E-state index contributed by atoms with van der Waals surface area (Å²) >= 11 is 0. The number of ether oxygens (including phenoxy) is 1. The van der Waals surface area contributed by atoms with Crippen molar-refractivity contribution in [2.75, 3.05) is 7.11 Å². The van der Waals surface area contributed by atoms with Crippen molar-refractivity contribution < 1.29 is 13.9 Å². The maximum Gasteiger partial charge on any atom is 0.255 e. The molecule has 0 bridgehead atoms. The number of hydrogen-bond acceptors (Lipinski definition) is 3. The van der Waals surface area contributed by atoms with Gasteiger partial charge in [-0.25, -0.2) is 4.39 Å². The van der Waals surface area contributed by atoms with Crippen LogP contribution in [-0.2, 0) is 5.41 Å². The van der Waals surface area contributed by atoms with Gasteiger partial charge in [0.1, 0.15) is 17.6 Å². The number of halogens is 1. The van der Waals surface area contributed by atoms with Gasteiger partial charge in [-0.05, 0) is 28.7 Å². The van der Waals surface area contributed by atoms with Crippen LogP contribution in [0.1, 0.15) is 48.3 Å². The van der Waals surface area contributed by atoms with Crippen molar-refractivity contribution >= 4 is 5.91 Å². The molecule has 0 radical (unpaired) electrons. The summed E-state index contributed by atoms with van der Waals surface area (Å²) < 4.78 is 18.9. The van der Waals surface area contributed by atoms with Gasteiger partial charge in [0.15, 0.2) is 0 Å². The number of nitrogens with zero attached hydrogens (tertiary/aromatic N) is 1. The maximum atomic E-state index is 14.0. The number of rotatable bonds is 4. The Morgan fingerprint density at radius 1 is 1.20 bits per heavy atom. The quantitative estimate of drug-likeness (QED) is 0.910. The first kappa shape index (κ1) is 18.5. The van der Waals surface area contributed by atoms with Crippen LogP contribution in [0.3, 0.4) is 0 Å². The molecule has 5 heteroatoms. The third kappa shape index (κ3) is 4.36. The Bertz CT molecular complexity index is 802. The van der Waals surface area contributed by atoms with Gasteiger partial charge in [0.2, 0.25) is 0 Å². The zero-order valence-electron chi connectivity index (χ0n) is 14.8. The van der Waals surface area contributed by atoms with Crippen LogP contribution in [0.15, 0.2) is 42.5 Å². The molecule has 2 rings (SSSR count). The number of carbonyl (C=O) groups excluding carboxylic acids is 1.